The Hall–Kier alpha value is -3.23. The van der Waals surface area contributed by atoms with Crippen LogP contribution >= 0.6 is 0 Å². The second-order valence-electron chi connectivity index (χ2n) is 5.76. The van der Waals surface area contributed by atoms with Gasteiger partial charge in [-0.1, -0.05) is 18.2 Å². The Balaban J connectivity index is 2.06. The van der Waals surface area contributed by atoms with E-state index in [0.29, 0.717) is 23.1 Å². The maximum absolute atomic E-state index is 11.9. The molecule has 0 aliphatic heterocycles. The van der Waals surface area contributed by atoms with Crippen molar-refractivity contribution in [1.82, 2.24) is 0 Å². The van der Waals surface area contributed by atoms with E-state index in [-0.39, 0.29) is 27.9 Å². The molecule has 0 aliphatic rings. The van der Waals surface area contributed by atoms with Crippen LogP contribution in [-0.2, 0) is 14.9 Å². The van der Waals surface area contributed by atoms with Crippen LogP contribution in [0.5, 0.6) is 0 Å². The molecule has 3 rings (SSSR count). The monoisotopic (exact) mass is 385 g/mol. The topological polar surface area (TPSA) is 114 Å². The molecule has 7 nitrogen and oxygen atoms in total. The lowest BCUT2D eigenvalue weighted by molar-refractivity contribution is -0.114. The summed E-state index contributed by atoms with van der Waals surface area (Å²) < 4.78 is 38.6. The number of hydrogen-bond donors (Lipinski definition) is 2. The van der Waals surface area contributed by atoms with Gasteiger partial charge in [-0.25, -0.2) is 0 Å². The number of anilines is 1. The predicted octanol–water partition coefficient (Wildman–Crippen LogP) is 3.63. The first-order valence-corrected chi connectivity index (χ1v) is 9.27. The van der Waals surface area contributed by atoms with Crippen molar-refractivity contribution < 1.29 is 27.0 Å². The first-order chi connectivity index (χ1) is 12.8. The van der Waals surface area contributed by atoms with Crippen LogP contribution in [0.3, 0.4) is 0 Å². The normalized spacial score (nSPS) is 11.2. The number of hydrogen-bond acceptors (Lipinski definition) is 5. The third-order valence-electron chi connectivity index (χ3n) is 3.81. The van der Waals surface area contributed by atoms with Gasteiger partial charge in [0.25, 0.3) is 10.1 Å². The van der Waals surface area contributed by atoms with Gasteiger partial charge in [0, 0.05) is 18.2 Å². The fourth-order valence-corrected chi connectivity index (χ4v) is 3.35. The van der Waals surface area contributed by atoms with Gasteiger partial charge >= 0.3 is 0 Å². The number of nitrogens with one attached hydrogen (secondary N) is 1. The van der Waals surface area contributed by atoms with E-state index in [1.54, 1.807) is 30.3 Å². The van der Waals surface area contributed by atoms with Crippen molar-refractivity contribution in [2.45, 2.75) is 11.8 Å². The van der Waals surface area contributed by atoms with E-state index in [4.69, 9.17) is 4.42 Å². The quantitative estimate of drug-likeness (QED) is 0.512. The highest BCUT2D eigenvalue weighted by Gasteiger charge is 2.20. The number of benzene rings is 2. The van der Waals surface area contributed by atoms with Crippen LogP contribution in [0.15, 0.2) is 63.9 Å². The van der Waals surface area contributed by atoms with E-state index in [1.165, 1.54) is 31.2 Å². The van der Waals surface area contributed by atoms with Gasteiger partial charge in [-0.3, -0.25) is 14.1 Å². The van der Waals surface area contributed by atoms with E-state index >= 15 is 0 Å². The number of rotatable bonds is 5. The van der Waals surface area contributed by atoms with Gasteiger partial charge in [0.1, 0.15) is 10.7 Å². The molecule has 1 amide bonds. The maximum atomic E-state index is 11.9. The minimum absolute atomic E-state index is 0.0453. The van der Waals surface area contributed by atoms with Gasteiger partial charge in [0.15, 0.2) is 12.0 Å². The molecule has 27 heavy (non-hydrogen) atoms. The highest BCUT2D eigenvalue weighted by Crippen LogP contribution is 2.33. The molecule has 0 saturated heterocycles. The molecule has 1 aromatic heterocycles. The van der Waals surface area contributed by atoms with Crippen LogP contribution < -0.4 is 5.32 Å². The number of furan rings is 1. The number of aldehydes is 1. The molecule has 0 aliphatic carbocycles. The van der Waals surface area contributed by atoms with Crippen LogP contribution in [0.1, 0.15) is 17.5 Å². The molecule has 0 radical (unpaired) electrons. The van der Waals surface area contributed by atoms with Crippen molar-refractivity contribution in [1.29, 1.82) is 0 Å². The molecule has 138 valence electrons. The lowest BCUT2D eigenvalue weighted by Crippen LogP contribution is -2.05. The molecule has 2 N–H and O–H groups in total. The summed E-state index contributed by atoms with van der Waals surface area (Å²) in [6.07, 6.45) is 0.502. The molecule has 0 unspecified atom stereocenters. The number of amides is 1. The molecule has 8 heteroatoms. The molecule has 2 aromatic carbocycles. The fraction of sp³-hybridized carbons (Fsp3) is 0.0526. The summed E-state index contributed by atoms with van der Waals surface area (Å²) in [7, 11) is -4.54. The van der Waals surface area contributed by atoms with E-state index in [1.807, 2.05) is 0 Å². The number of carbonyl (C=O) groups is 2. The Morgan fingerprint density at radius 3 is 2.26 bits per heavy atom. The molecular weight excluding hydrogens is 370 g/mol. The molecular formula is C19H15NO6S. The largest absolute Gasteiger partial charge is 0.453 e. The van der Waals surface area contributed by atoms with Crippen molar-refractivity contribution in [3.8, 4) is 22.5 Å². The van der Waals surface area contributed by atoms with E-state index < -0.39 is 10.1 Å². The maximum Gasteiger partial charge on any atom is 0.295 e. The average molecular weight is 385 g/mol. The highest BCUT2D eigenvalue weighted by atomic mass is 32.2. The van der Waals surface area contributed by atoms with Crippen LogP contribution in [0.4, 0.5) is 5.69 Å². The summed E-state index contributed by atoms with van der Waals surface area (Å²) in [5.41, 5.74) is 1.98. The van der Waals surface area contributed by atoms with Gasteiger partial charge < -0.3 is 9.73 Å². The highest BCUT2D eigenvalue weighted by molar-refractivity contribution is 7.86. The van der Waals surface area contributed by atoms with Crippen molar-refractivity contribution in [2.24, 2.45) is 0 Å². The smallest absolute Gasteiger partial charge is 0.295 e. The minimum atomic E-state index is -4.54. The zero-order valence-corrected chi connectivity index (χ0v) is 15.0. The Morgan fingerprint density at radius 2 is 1.70 bits per heavy atom. The van der Waals surface area contributed by atoms with Crippen LogP contribution in [0.2, 0.25) is 0 Å². The van der Waals surface area contributed by atoms with Gasteiger partial charge in [0.05, 0.1) is 0 Å². The van der Waals surface area contributed by atoms with Crippen molar-refractivity contribution >= 4 is 28.0 Å². The first-order valence-electron chi connectivity index (χ1n) is 7.83. The molecule has 0 fully saturated rings. The van der Waals surface area contributed by atoms with Crippen molar-refractivity contribution in [2.75, 3.05) is 5.32 Å². The summed E-state index contributed by atoms with van der Waals surface area (Å²) in [5.74, 6) is -0.00453. The second-order valence-corrected chi connectivity index (χ2v) is 7.15. The molecule has 0 bridgehead atoms. The molecule has 3 aromatic rings. The lowest BCUT2D eigenvalue weighted by Gasteiger charge is -2.09. The predicted molar refractivity (Wildman–Crippen MR) is 99.1 cm³/mol. The van der Waals surface area contributed by atoms with Gasteiger partial charge in [-0.15, -0.1) is 0 Å². The third-order valence-corrected chi connectivity index (χ3v) is 4.70. The summed E-state index contributed by atoms with van der Waals surface area (Å²) in [6, 6.07) is 14.1. The minimum Gasteiger partial charge on any atom is -0.453 e. The Morgan fingerprint density at radius 1 is 1.04 bits per heavy atom. The molecule has 1 heterocycles. The second kappa shape index (κ2) is 7.18. The molecule has 0 saturated carbocycles. The summed E-state index contributed by atoms with van der Waals surface area (Å²) >= 11 is 0. The summed E-state index contributed by atoms with van der Waals surface area (Å²) in [4.78, 5) is 21.5. The number of carbonyl (C=O) groups excluding carboxylic acids is 2. The van der Waals surface area contributed by atoms with E-state index in [0.717, 1.165) is 0 Å². The van der Waals surface area contributed by atoms with Crippen LogP contribution in [0.25, 0.3) is 22.5 Å². The van der Waals surface area contributed by atoms with Crippen molar-refractivity contribution in [3.63, 3.8) is 0 Å². The fourth-order valence-electron chi connectivity index (χ4n) is 2.63. The van der Waals surface area contributed by atoms with Crippen LogP contribution in [0, 0.1) is 0 Å². The van der Waals surface area contributed by atoms with E-state index in [2.05, 4.69) is 5.32 Å². The zero-order valence-electron chi connectivity index (χ0n) is 14.2. The van der Waals surface area contributed by atoms with Gasteiger partial charge in [-0.05, 0) is 47.5 Å². The van der Waals surface area contributed by atoms with Gasteiger partial charge in [0.2, 0.25) is 5.91 Å². The molecule has 0 atom stereocenters. The lowest BCUT2D eigenvalue weighted by atomic mass is 10.0. The standard InChI is InChI=1S/C19H15NO6S/c1-12(22)20-15-5-2-13(3-6-15)14-4-8-17(19(10-14)27(23,24)25)18-9-7-16(11-21)26-18/h2-11H,1H3,(H,20,22)(H,23,24,25). The zero-order chi connectivity index (χ0) is 19.6. The van der Waals surface area contributed by atoms with Crippen molar-refractivity contribution in [3.05, 3.63) is 60.4 Å². The molecule has 0 spiro atoms. The first kappa shape index (κ1) is 18.6. The summed E-state index contributed by atoms with van der Waals surface area (Å²) in [5, 5.41) is 2.64. The average Bonchev–Trinajstić information content (AvgIpc) is 3.10. The van der Waals surface area contributed by atoms with Gasteiger partial charge in [-0.2, -0.15) is 8.42 Å². The van der Waals surface area contributed by atoms with E-state index in [9.17, 15) is 22.6 Å². The SMILES string of the molecule is CC(=O)Nc1ccc(-c2ccc(-c3ccc(C=O)o3)c(S(=O)(=O)O)c2)cc1. The third kappa shape index (κ3) is 4.13. The Kier molecular flexibility index (Phi) is 4.93. The Bertz CT molecular complexity index is 1110. The Labute approximate surface area is 155 Å². The summed E-state index contributed by atoms with van der Waals surface area (Å²) in [6.45, 7) is 1.40. The van der Waals surface area contributed by atoms with Crippen LogP contribution in [-0.4, -0.2) is 25.2 Å².